The number of hydrogen-bond donors (Lipinski definition) is 1. The molecule has 2 amide bonds. The van der Waals surface area contributed by atoms with Gasteiger partial charge in [0.1, 0.15) is 5.82 Å². The molecule has 3 fully saturated rings. The second-order valence-electron chi connectivity index (χ2n) is 11.2. The van der Waals surface area contributed by atoms with Crippen molar-refractivity contribution < 1.29 is 4.79 Å². The number of piperidine rings is 2. The number of rotatable bonds is 6. The van der Waals surface area contributed by atoms with E-state index in [1.165, 1.54) is 32.1 Å². The average molecular weight is 486 g/mol. The minimum absolute atomic E-state index is 0.202. The van der Waals surface area contributed by atoms with Gasteiger partial charge >= 0.3 is 6.03 Å². The maximum atomic E-state index is 13.1. The molecule has 4 rings (SSSR count). The SMILES string of the molecule is CC(C)N(C(=O)N1CCC(N2CCCC(Nc3nccc(N4CCCCCC4)n3)C2)CC1)C(C)C. The number of anilines is 2. The molecule has 196 valence electrons. The van der Waals surface area contributed by atoms with Crippen LogP contribution in [-0.2, 0) is 0 Å². The zero-order valence-corrected chi connectivity index (χ0v) is 22.5. The lowest BCUT2D eigenvalue weighted by molar-refractivity contribution is 0.0769. The van der Waals surface area contributed by atoms with Gasteiger partial charge < -0.3 is 20.0 Å². The summed E-state index contributed by atoms with van der Waals surface area (Å²) in [6.45, 7) is 14.5. The number of aromatic nitrogens is 2. The van der Waals surface area contributed by atoms with E-state index in [1.807, 2.05) is 11.1 Å². The molecule has 0 aromatic carbocycles. The van der Waals surface area contributed by atoms with Gasteiger partial charge in [-0.3, -0.25) is 4.90 Å². The Morgan fingerprint density at radius 3 is 2.29 bits per heavy atom. The number of hydrogen-bond acceptors (Lipinski definition) is 6. The van der Waals surface area contributed by atoms with Gasteiger partial charge in [0.25, 0.3) is 0 Å². The lowest BCUT2D eigenvalue weighted by atomic mass is 9.98. The molecular weight excluding hydrogens is 438 g/mol. The molecule has 35 heavy (non-hydrogen) atoms. The van der Waals surface area contributed by atoms with Gasteiger partial charge in [-0.25, -0.2) is 9.78 Å². The first-order valence-electron chi connectivity index (χ1n) is 14.1. The normalized spacial score (nSPS) is 23.0. The zero-order chi connectivity index (χ0) is 24.8. The molecule has 1 unspecified atom stereocenters. The smallest absolute Gasteiger partial charge is 0.320 e. The Kier molecular flexibility index (Phi) is 9.09. The van der Waals surface area contributed by atoms with Crippen molar-refractivity contribution >= 4 is 17.8 Å². The van der Waals surface area contributed by atoms with Gasteiger partial charge in [-0.1, -0.05) is 12.8 Å². The van der Waals surface area contributed by atoms with Crippen LogP contribution in [0.5, 0.6) is 0 Å². The molecule has 1 aromatic rings. The van der Waals surface area contributed by atoms with Crippen LogP contribution in [0.4, 0.5) is 16.6 Å². The van der Waals surface area contributed by atoms with Crippen molar-refractivity contribution in [3.05, 3.63) is 12.3 Å². The summed E-state index contributed by atoms with van der Waals surface area (Å²) in [6.07, 6.45) is 11.5. The molecule has 3 aliphatic rings. The molecule has 0 saturated carbocycles. The number of amides is 2. The molecule has 1 aromatic heterocycles. The predicted molar refractivity (Wildman–Crippen MR) is 143 cm³/mol. The highest BCUT2D eigenvalue weighted by atomic mass is 16.2. The number of urea groups is 1. The van der Waals surface area contributed by atoms with Crippen molar-refractivity contribution in [2.75, 3.05) is 49.5 Å². The minimum Gasteiger partial charge on any atom is -0.356 e. The van der Waals surface area contributed by atoms with Crippen LogP contribution in [-0.4, -0.2) is 94.1 Å². The van der Waals surface area contributed by atoms with Crippen LogP contribution in [0, 0.1) is 0 Å². The van der Waals surface area contributed by atoms with Crippen LogP contribution in [0.25, 0.3) is 0 Å². The molecule has 4 heterocycles. The van der Waals surface area contributed by atoms with Gasteiger partial charge in [-0.15, -0.1) is 0 Å². The van der Waals surface area contributed by atoms with E-state index >= 15 is 0 Å². The quantitative estimate of drug-likeness (QED) is 0.643. The van der Waals surface area contributed by atoms with Crippen LogP contribution >= 0.6 is 0 Å². The topological polar surface area (TPSA) is 67.8 Å². The summed E-state index contributed by atoms with van der Waals surface area (Å²) in [7, 11) is 0. The third-order valence-electron chi connectivity index (χ3n) is 7.94. The van der Waals surface area contributed by atoms with E-state index in [-0.39, 0.29) is 18.1 Å². The van der Waals surface area contributed by atoms with Crippen LogP contribution in [0.3, 0.4) is 0 Å². The Bertz CT molecular complexity index is 792. The lowest BCUT2D eigenvalue weighted by Crippen LogP contribution is -2.55. The Morgan fingerprint density at radius 2 is 1.63 bits per heavy atom. The number of carbonyl (C=O) groups is 1. The van der Waals surface area contributed by atoms with Crippen LogP contribution in [0.1, 0.15) is 79.1 Å². The van der Waals surface area contributed by atoms with Gasteiger partial charge in [0.2, 0.25) is 5.95 Å². The van der Waals surface area contributed by atoms with Crippen LogP contribution in [0.15, 0.2) is 12.3 Å². The molecular formula is C27H47N7O. The fraction of sp³-hybridized carbons (Fsp3) is 0.815. The Balaban J connectivity index is 1.29. The first kappa shape index (κ1) is 26.0. The van der Waals surface area contributed by atoms with Crippen molar-refractivity contribution in [2.45, 2.75) is 103 Å². The Hall–Kier alpha value is -2.09. The summed E-state index contributed by atoms with van der Waals surface area (Å²) in [5.41, 5.74) is 0. The van der Waals surface area contributed by atoms with E-state index in [0.29, 0.717) is 12.1 Å². The van der Waals surface area contributed by atoms with Gasteiger partial charge in [-0.2, -0.15) is 4.98 Å². The summed E-state index contributed by atoms with van der Waals surface area (Å²) in [5, 5.41) is 3.65. The number of nitrogens with zero attached hydrogens (tertiary/aromatic N) is 6. The van der Waals surface area contributed by atoms with Crippen molar-refractivity contribution in [1.82, 2.24) is 24.7 Å². The van der Waals surface area contributed by atoms with Gasteiger partial charge in [0.05, 0.1) is 0 Å². The van der Waals surface area contributed by atoms with Crippen LogP contribution < -0.4 is 10.2 Å². The molecule has 0 spiro atoms. The highest BCUT2D eigenvalue weighted by Crippen LogP contribution is 2.24. The monoisotopic (exact) mass is 485 g/mol. The molecule has 1 atom stereocenters. The summed E-state index contributed by atoms with van der Waals surface area (Å²) >= 11 is 0. The van der Waals surface area contributed by atoms with Gasteiger partial charge in [0, 0.05) is 63.1 Å². The second-order valence-corrected chi connectivity index (χ2v) is 11.2. The average Bonchev–Trinajstić information content (AvgIpc) is 3.14. The molecule has 8 nitrogen and oxygen atoms in total. The minimum atomic E-state index is 0.202. The van der Waals surface area contributed by atoms with E-state index in [4.69, 9.17) is 4.98 Å². The maximum Gasteiger partial charge on any atom is 0.320 e. The molecule has 0 radical (unpaired) electrons. The lowest BCUT2D eigenvalue weighted by Gasteiger charge is -2.44. The highest BCUT2D eigenvalue weighted by Gasteiger charge is 2.33. The largest absolute Gasteiger partial charge is 0.356 e. The van der Waals surface area contributed by atoms with E-state index in [0.717, 1.165) is 70.3 Å². The molecule has 0 bridgehead atoms. The molecule has 8 heteroatoms. The molecule has 3 saturated heterocycles. The second kappa shape index (κ2) is 12.2. The van der Waals surface area contributed by atoms with E-state index < -0.39 is 0 Å². The summed E-state index contributed by atoms with van der Waals surface area (Å²) in [6, 6.07) is 3.65. The standard InChI is InChI=1S/C27H47N7O/c1-21(2)34(22(3)4)27(35)32-18-12-24(13-19-32)33-17-9-10-23(20-33)29-26-28-14-11-25(30-26)31-15-7-5-6-8-16-31/h11,14,21-24H,5-10,12-13,15-20H2,1-4H3,(H,28,29,30). The van der Waals surface area contributed by atoms with E-state index in [1.54, 1.807) is 0 Å². The fourth-order valence-electron chi connectivity index (χ4n) is 6.16. The van der Waals surface area contributed by atoms with Gasteiger partial charge in [0.15, 0.2) is 0 Å². The van der Waals surface area contributed by atoms with Crippen molar-refractivity contribution in [1.29, 1.82) is 0 Å². The third kappa shape index (κ3) is 6.78. The fourth-order valence-corrected chi connectivity index (χ4v) is 6.16. The van der Waals surface area contributed by atoms with Crippen molar-refractivity contribution in [2.24, 2.45) is 0 Å². The Morgan fingerprint density at radius 1 is 0.943 bits per heavy atom. The maximum absolute atomic E-state index is 13.1. The van der Waals surface area contributed by atoms with E-state index in [9.17, 15) is 4.79 Å². The molecule has 3 aliphatic heterocycles. The number of carbonyl (C=O) groups excluding carboxylic acids is 1. The predicted octanol–water partition coefficient (Wildman–Crippen LogP) is 4.44. The highest BCUT2D eigenvalue weighted by molar-refractivity contribution is 5.75. The molecule has 1 N–H and O–H groups in total. The van der Waals surface area contributed by atoms with Crippen LogP contribution in [0.2, 0.25) is 0 Å². The van der Waals surface area contributed by atoms with Gasteiger partial charge in [-0.05, 0) is 78.8 Å². The zero-order valence-electron chi connectivity index (χ0n) is 22.5. The first-order valence-corrected chi connectivity index (χ1v) is 14.1. The van der Waals surface area contributed by atoms with E-state index in [2.05, 4.69) is 58.8 Å². The van der Waals surface area contributed by atoms with Crippen molar-refractivity contribution in [3.63, 3.8) is 0 Å². The Labute approximate surface area is 212 Å². The van der Waals surface area contributed by atoms with Crippen molar-refractivity contribution in [3.8, 4) is 0 Å². The number of likely N-dealkylation sites (tertiary alicyclic amines) is 2. The summed E-state index contributed by atoms with van der Waals surface area (Å²) in [4.78, 5) is 31.7. The summed E-state index contributed by atoms with van der Waals surface area (Å²) in [5.74, 6) is 1.83. The summed E-state index contributed by atoms with van der Waals surface area (Å²) < 4.78 is 0. The number of nitrogens with one attached hydrogen (secondary N) is 1. The molecule has 0 aliphatic carbocycles. The third-order valence-corrected chi connectivity index (χ3v) is 7.94. The first-order chi connectivity index (χ1) is 16.9.